The molecule has 3 unspecified atom stereocenters. The third-order valence-corrected chi connectivity index (χ3v) is 6.69. The van der Waals surface area contributed by atoms with Crippen molar-refractivity contribution in [2.75, 3.05) is 33.4 Å². The van der Waals surface area contributed by atoms with Crippen LogP contribution in [-0.4, -0.2) is 79.1 Å². The van der Waals surface area contributed by atoms with Crippen LogP contribution in [0.5, 0.6) is 0 Å². The highest BCUT2D eigenvalue weighted by atomic mass is 16.5. The molecule has 1 aromatic rings. The number of nitrogens with zero attached hydrogens (tertiary/aromatic N) is 2. The Labute approximate surface area is 171 Å². The molecule has 29 heavy (non-hydrogen) atoms. The van der Waals surface area contributed by atoms with Crippen LogP contribution in [-0.2, 0) is 20.9 Å². The van der Waals surface area contributed by atoms with Gasteiger partial charge in [0.05, 0.1) is 12.8 Å². The Morgan fingerprint density at radius 1 is 1.31 bits per heavy atom. The van der Waals surface area contributed by atoms with Gasteiger partial charge >= 0.3 is 0 Å². The zero-order valence-electron chi connectivity index (χ0n) is 17.1. The Bertz CT molecular complexity index is 689. The molecule has 2 amide bonds. The van der Waals surface area contributed by atoms with E-state index in [1.165, 1.54) is 0 Å². The van der Waals surface area contributed by atoms with Gasteiger partial charge in [-0.05, 0) is 44.9 Å². The van der Waals surface area contributed by atoms with Crippen LogP contribution in [0.2, 0.25) is 0 Å². The predicted molar refractivity (Wildman–Crippen MR) is 107 cm³/mol. The summed E-state index contributed by atoms with van der Waals surface area (Å²) >= 11 is 0. The van der Waals surface area contributed by atoms with Gasteiger partial charge in [-0.1, -0.05) is 0 Å². The second-order valence-electron chi connectivity index (χ2n) is 8.34. The second kappa shape index (κ2) is 9.28. The van der Waals surface area contributed by atoms with Crippen molar-refractivity contribution in [3.63, 3.8) is 0 Å². The topological polar surface area (TPSA) is 87.1 Å². The maximum Gasteiger partial charge on any atom is 0.239 e. The maximum atomic E-state index is 12.9. The summed E-state index contributed by atoms with van der Waals surface area (Å²) in [5.74, 6) is 0.895. The van der Waals surface area contributed by atoms with Crippen LogP contribution in [0.15, 0.2) is 22.8 Å². The summed E-state index contributed by atoms with van der Waals surface area (Å²) in [6.07, 6.45) is 5.76. The summed E-state index contributed by atoms with van der Waals surface area (Å²) in [6, 6.07) is 4.36. The van der Waals surface area contributed by atoms with Crippen molar-refractivity contribution >= 4 is 11.8 Å². The smallest absolute Gasteiger partial charge is 0.239 e. The first kappa shape index (κ1) is 20.4. The number of carbonyl (C=O) groups excluding carboxylic acids is 2. The molecule has 4 rings (SSSR count). The third-order valence-electron chi connectivity index (χ3n) is 6.69. The number of rotatable bonds is 6. The number of ether oxygens (including phenoxy) is 1. The number of furan rings is 1. The van der Waals surface area contributed by atoms with E-state index in [-0.39, 0.29) is 29.9 Å². The minimum atomic E-state index is -0.0964. The van der Waals surface area contributed by atoms with Crippen LogP contribution in [0.4, 0.5) is 0 Å². The molecule has 1 aromatic heterocycles. The molecule has 0 bridgehead atoms. The van der Waals surface area contributed by atoms with Gasteiger partial charge in [-0.3, -0.25) is 19.4 Å². The highest BCUT2D eigenvalue weighted by Crippen LogP contribution is 2.31. The van der Waals surface area contributed by atoms with Crippen molar-refractivity contribution in [2.45, 2.75) is 62.8 Å². The fraction of sp³-hybridized carbons (Fsp3) is 0.714. The molecule has 3 aliphatic rings. The molecule has 0 radical (unpaired) electrons. The number of fused-ring (bicyclic) bond motifs is 1. The minimum absolute atomic E-state index is 0.0113. The molecule has 2 N–H and O–H groups in total. The van der Waals surface area contributed by atoms with Crippen LogP contribution in [0.3, 0.4) is 0 Å². The number of amides is 2. The Kier molecular flexibility index (Phi) is 6.52. The number of hydrogen-bond acceptors (Lipinski definition) is 6. The Balaban J connectivity index is 1.32. The second-order valence-corrected chi connectivity index (χ2v) is 8.34. The van der Waals surface area contributed by atoms with Crippen molar-refractivity contribution in [3.8, 4) is 0 Å². The predicted octanol–water partition coefficient (Wildman–Crippen LogP) is 0.728. The largest absolute Gasteiger partial charge is 0.467 e. The lowest BCUT2D eigenvalue weighted by atomic mass is 10.0. The van der Waals surface area contributed by atoms with Gasteiger partial charge in [-0.25, -0.2) is 0 Å². The van der Waals surface area contributed by atoms with E-state index in [1.807, 2.05) is 12.1 Å². The SMILES string of the molecule is CN1C(CCC(=O)NCc2ccco2)CNC(=O)C2C1CCN2C1CCOCC1. The molecular weight excluding hydrogens is 372 g/mol. The third kappa shape index (κ3) is 4.65. The lowest BCUT2D eigenvalue weighted by Crippen LogP contribution is -2.53. The molecule has 3 aliphatic heterocycles. The van der Waals surface area contributed by atoms with Gasteiger partial charge in [-0.2, -0.15) is 0 Å². The average molecular weight is 405 g/mol. The Morgan fingerprint density at radius 3 is 2.90 bits per heavy atom. The summed E-state index contributed by atoms with van der Waals surface area (Å²) in [4.78, 5) is 29.9. The molecule has 8 nitrogen and oxygen atoms in total. The summed E-state index contributed by atoms with van der Waals surface area (Å²) < 4.78 is 10.7. The molecular formula is C21H32N4O4. The van der Waals surface area contributed by atoms with E-state index in [0.717, 1.165) is 51.2 Å². The number of nitrogens with one attached hydrogen (secondary N) is 2. The van der Waals surface area contributed by atoms with E-state index in [4.69, 9.17) is 9.15 Å². The van der Waals surface area contributed by atoms with Crippen LogP contribution in [0, 0.1) is 0 Å². The lowest BCUT2D eigenvalue weighted by Gasteiger charge is -2.37. The van der Waals surface area contributed by atoms with Crippen LogP contribution < -0.4 is 10.6 Å². The normalized spacial score (nSPS) is 29.3. The quantitative estimate of drug-likeness (QED) is 0.727. The van der Waals surface area contributed by atoms with Gasteiger partial charge < -0.3 is 19.8 Å². The van der Waals surface area contributed by atoms with E-state index < -0.39 is 0 Å². The molecule has 0 saturated carbocycles. The first-order valence-electron chi connectivity index (χ1n) is 10.8. The van der Waals surface area contributed by atoms with Crippen molar-refractivity contribution in [1.29, 1.82) is 0 Å². The number of likely N-dealkylation sites (N-methyl/N-ethyl adjacent to an activating group) is 1. The van der Waals surface area contributed by atoms with Gasteiger partial charge in [-0.15, -0.1) is 0 Å². The summed E-state index contributed by atoms with van der Waals surface area (Å²) in [7, 11) is 2.11. The maximum absolute atomic E-state index is 12.9. The van der Waals surface area contributed by atoms with Gasteiger partial charge in [0.25, 0.3) is 0 Å². The summed E-state index contributed by atoms with van der Waals surface area (Å²) in [6.45, 7) is 3.52. The average Bonchev–Trinajstić information content (AvgIpc) is 3.40. The summed E-state index contributed by atoms with van der Waals surface area (Å²) in [5, 5.41) is 6.05. The van der Waals surface area contributed by atoms with E-state index in [2.05, 4.69) is 27.5 Å². The van der Waals surface area contributed by atoms with Crippen molar-refractivity contribution in [2.24, 2.45) is 0 Å². The van der Waals surface area contributed by atoms with Gasteiger partial charge in [0.15, 0.2) is 0 Å². The molecule has 0 aliphatic carbocycles. The lowest BCUT2D eigenvalue weighted by molar-refractivity contribution is -0.127. The van der Waals surface area contributed by atoms with Crippen molar-refractivity contribution in [3.05, 3.63) is 24.2 Å². The molecule has 160 valence electrons. The zero-order valence-corrected chi connectivity index (χ0v) is 17.1. The monoisotopic (exact) mass is 404 g/mol. The van der Waals surface area contributed by atoms with E-state index >= 15 is 0 Å². The molecule has 0 aromatic carbocycles. The van der Waals surface area contributed by atoms with Crippen LogP contribution in [0.25, 0.3) is 0 Å². The fourth-order valence-corrected chi connectivity index (χ4v) is 5.01. The molecule has 4 heterocycles. The molecule has 3 saturated heterocycles. The van der Waals surface area contributed by atoms with Gasteiger partial charge in [0.1, 0.15) is 11.8 Å². The van der Waals surface area contributed by atoms with Crippen molar-refractivity contribution in [1.82, 2.24) is 20.4 Å². The molecule has 3 atom stereocenters. The standard InChI is InChI=1S/C21H32N4O4/c1-24-16(4-5-19(26)22-14-17-3-2-10-29-17)13-23-21(27)20-18(24)6-9-25(20)15-7-11-28-12-8-15/h2-3,10,15-16,18,20H,4-9,11-14H2,1H3,(H,22,26)(H,23,27). The first-order valence-corrected chi connectivity index (χ1v) is 10.8. The number of likely N-dealkylation sites (tertiary alicyclic amines) is 1. The Hall–Kier alpha value is -1.90. The number of hydrogen-bond donors (Lipinski definition) is 2. The number of carbonyl (C=O) groups is 2. The van der Waals surface area contributed by atoms with Crippen LogP contribution in [0.1, 0.15) is 37.9 Å². The van der Waals surface area contributed by atoms with Gasteiger partial charge in [0.2, 0.25) is 11.8 Å². The van der Waals surface area contributed by atoms with E-state index in [0.29, 0.717) is 25.6 Å². The van der Waals surface area contributed by atoms with Gasteiger partial charge in [0, 0.05) is 50.8 Å². The summed E-state index contributed by atoms with van der Waals surface area (Å²) in [5.41, 5.74) is 0. The fourth-order valence-electron chi connectivity index (χ4n) is 5.01. The van der Waals surface area contributed by atoms with E-state index in [9.17, 15) is 9.59 Å². The highest BCUT2D eigenvalue weighted by Gasteiger charge is 2.47. The zero-order chi connectivity index (χ0) is 20.2. The van der Waals surface area contributed by atoms with Crippen molar-refractivity contribution < 1.29 is 18.7 Å². The highest BCUT2D eigenvalue weighted by molar-refractivity contribution is 5.83. The molecule has 8 heteroatoms. The first-order chi connectivity index (χ1) is 14.1. The Morgan fingerprint density at radius 2 is 2.14 bits per heavy atom. The molecule has 3 fully saturated rings. The molecule has 0 spiro atoms. The van der Waals surface area contributed by atoms with Crippen LogP contribution >= 0.6 is 0 Å². The minimum Gasteiger partial charge on any atom is -0.467 e. The van der Waals surface area contributed by atoms with E-state index in [1.54, 1.807) is 6.26 Å².